The van der Waals surface area contributed by atoms with Crippen LogP contribution in [0.15, 0.2) is 164 Å². The molecule has 0 aliphatic rings. The van der Waals surface area contributed by atoms with Crippen molar-refractivity contribution in [1.29, 1.82) is 0 Å². The number of nitrogens with zero attached hydrogens (tertiary/aromatic N) is 3. The zero-order chi connectivity index (χ0) is 30.6. The first kappa shape index (κ1) is 26.1. The molecule has 0 saturated heterocycles. The summed E-state index contributed by atoms with van der Waals surface area (Å²) in [5.74, 6) is 0. The van der Waals surface area contributed by atoms with Crippen molar-refractivity contribution in [3.05, 3.63) is 175 Å². The Morgan fingerprint density at radius 2 is 0.891 bits per heavy atom. The fourth-order valence-corrected chi connectivity index (χ4v) is 7.00. The molecule has 0 bridgehead atoms. The monoisotopic (exact) mass is 585 g/mol. The van der Waals surface area contributed by atoms with Crippen molar-refractivity contribution in [2.45, 2.75) is 0 Å². The van der Waals surface area contributed by atoms with Crippen LogP contribution in [0.5, 0.6) is 0 Å². The fraction of sp³-hybridized carbons (Fsp3) is 0. The summed E-state index contributed by atoms with van der Waals surface area (Å²) in [5.41, 5.74) is 12.2. The first-order valence-electron chi connectivity index (χ1n) is 15.5. The summed E-state index contributed by atoms with van der Waals surface area (Å²) >= 11 is 0. The van der Waals surface area contributed by atoms with Crippen LogP contribution < -0.4 is 0 Å². The fourth-order valence-electron chi connectivity index (χ4n) is 7.00. The summed E-state index contributed by atoms with van der Waals surface area (Å²) < 4.78 is 4.69. The summed E-state index contributed by atoms with van der Waals surface area (Å²) in [4.78, 5) is 3.78. The van der Waals surface area contributed by atoms with Gasteiger partial charge < -0.3 is 9.13 Å². The molecule has 0 amide bonds. The predicted molar refractivity (Wildman–Crippen MR) is 192 cm³/mol. The minimum absolute atomic E-state index is 0.643. The number of aromatic nitrogens is 2. The Kier molecular flexibility index (Phi) is 5.88. The van der Waals surface area contributed by atoms with E-state index in [0.29, 0.717) is 5.69 Å². The summed E-state index contributed by atoms with van der Waals surface area (Å²) in [6.45, 7) is 7.74. The van der Waals surface area contributed by atoms with Gasteiger partial charge in [0.05, 0.1) is 28.6 Å². The molecule has 0 atom stereocenters. The maximum atomic E-state index is 7.74. The van der Waals surface area contributed by atoms with Gasteiger partial charge in [-0.1, -0.05) is 97.1 Å². The van der Waals surface area contributed by atoms with E-state index in [1.54, 1.807) is 0 Å². The van der Waals surface area contributed by atoms with Crippen molar-refractivity contribution in [3.63, 3.8) is 0 Å². The molecule has 0 spiro atoms. The van der Waals surface area contributed by atoms with Gasteiger partial charge in [-0.3, -0.25) is 0 Å². The molecule has 0 aliphatic heterocycles. The Morgan fingerprint density at radius 3 is 1.67 bits per heavy atom. The highest BCUT2D eigenvalue weighted by Crippen LogP contribution is 2.39. The molecule has 214 valence electrons. The Balaban J connectivity index is 1.27. The van der Waals surface area contributed by atoms with E-state index in [-0.39, 0.29) is 0 Å². The zero-order valence-corrected chi connectivity index (χ0v) is 24.9. The van der Waals surface area contributed by atoms with Crippen molar-refractivity contribution >= 4 is 49.3 Å². The van der Waals surface area contributed by atoms with Crippen molar-refractivity contribution in [1.82, 2.24) is 9.13 Å². The average Bonchev–Trinajstić information content (AvgIpc) is 3.64. The second kappa shape index (κ2) is 10.4. The first-order valence-corrected chi connectivity index (χ1v) is 15.5. The number of benzene rings is 7. The molecule has 0 radical (unpaired) electrons. The second-order valence-electron chi connectivity index (χ2n) is 11.7. The highest BCUT2D eigenvalue weighted by Gasteiger charge is 2.17. The Labute approximate surface area is 266 Å². The van der Waals surface area contributed by atoms with Gasteiger partial charge >= 0.3 is 0 Å². The van der Waals surface area contributed by atoms with Crippen LogP contribution in [-0.4, -0.2) is 9.13 Å². The van der Waals surface area contributed by atoms with Crippen LogP contribution in [0.1, 0.15) is 0 Å². The molecule has 3 heteroatoms. The molecule has 9 aromatic rings. The van der Waals surface area contributed by atoms with E-state index in [1.807, 2.05) is 18.2 Å². The Bertz CT molecular complexity index is 2630. The summed E-state index contributed by atoms with van der Waals surface area (Å²) in [6, 6.07) is 58.0. The van der Waals surface area contributed by atoms with E-state index in [2.05, 4.69) is 160 Å². The predicted octanol–water partition coefficient (Wildman–Crippen LogP) is 11.8. The van der Waals surface area contributed by atoms with Gasteiger partial charge in [-0.15, -0.1) is 0 Å². The number of hydrogen-bond donors (Lipinski definition) is 0. The van der Waals surface area contributed by atoms with Gasteiger partial charge in [-0.25, -0.2) is 4.85 Å². The maximum absolute atomic E-state index is 7.74. The minimum atomic E-state index is 0.643. The molecular formula is C43H27N3. The molecule has 2 aromatic heterocycles. The summed E-state index contributed by atoms with van der Waals surface area (Å²) in [6.07, 6.45) is 0. The van der Waals surface area contributed by atoms with Crippen molar-refractivity contribution < 1.29 is 0 Å². The number of fused-ring (bicyclic) bond motifs is 6. The van der Waals surface area contributed by atoms with E-state index in [9.17, 15) is 0 Å². The topological polar surface area (TPSA) is 14.2 Å². The molecule has 0 fully saturated rings. The van der Waals surface area contributed by atoms with Crippen LogP contribution in [0.4, 0.5) is 5.69 Å². The maximum Gasteiger partial charge on any atom is 0.188 e. The van der Waals surface area contributed by atoms with Gasteiger partial charge in [-0.2, -0.15) is 0 Å². The third-order valence-electron chi connectivity index (χ3n) is 9.11. The normalized spacial score (nSPS) is 11.5. The third-order valence-corrected chi connectivity index (χ3v) is 9.11. The van der Waals surface area contributed by atoms with E-state index < -0.39 is 0 Å². The van der Waals surface area contributed by atoms with E-state index in [1.165, 1.54) is 38.5 Å². The van der Waals surface area contributed by atoms with Crippen molar-refractivity contribution in [2.75, 3.05) is 0 Å². The number of para-hydroxylation sites is 2. The first-order chi connectivity index (χ1) is 22.8. The van der Waals surface area contributed by atoms with Crippen molar-refractivity contribution in [3.8, 4) is 33.6 Å². The third kappa shape index (κ3) is 4.05. The second-order valence-corrected chi connectivity index (χ2v) is 11.7. The molecule has 0 saturated carbocycles. The van der Waals surface area contributed by atoms with Gasteiger partial charge in [0.15, 0.2) is 5.69 Å². The molecule has 0 N–H and O–H groups in total. The molecule has 0 unspecified atom stereocenters. The van der Waals surface area contributed by atoms with Gasteiger partial charge in [0.25, 0.3) is 0 Å². The van der Waals surface area contributed by atoms with Crippen LogP contribution in [-0.2, 0) is 0 Å². The van der Waals surface area contributed by atoms with E-state index >= 15 is 0 Å². The van der Waals surface area contributed by atoms with Gasteiger partial charge in [-0.05, 0) is 94.4 Å². The highest BCUT2D eigenvalue weighted by molar-refractivity contribution is 6.13. The Hall–Kier alpha value is -6.37. The van der Waals surface area contributed by atoms with Crippen LogP contribution in [0.3, 0.4) is 0 Å². The van der Waals surface area contributed by atoms with E-state index in [0.717, 1.165) is 38.7 Å². The quantitative estimate of drug-likeness (QED) is 0.182. The molecule has 0 aliphatic carbocycles. The van der Waals surface area contributed by atoms with Gasteiger partial charge in [0, 0.05) is 27.5 Å². The zero-order valence-electron chi connectivity index (χ0n) is 24.9. The Morgan fingerprint density at radius 1 is 0.348 bits per heavy atom. The molecular weight excluding hydrogens is 558 g/mol. The standard InChI is InChI=1S/C43H27N3/c1-44-33-20-23-42-38(27-33)37-26-32(31-14-10-13-30(25-31)29-11-4-2-5-12-29)19-22-41(37)46(42)35-21-24-43-39(28-35)36-17-8-9-18-40(36)45(43)34-15-6-3-7-16-34/h2-28H. The SMILES string of the molecule is [C-]#[N+]c1ccc2c(c1)c1cc(-c3cccc(-c4ccccc4)c3)ccc1n2-c1ccc2c(c1)c1ccccc1n2-c1ccccc1. The lowest BCUT2D eigenvalue weighted by molar-refractivity contribution is 1.17. The van der Waals surface area contributed by atoms with Crippen LogP contribution in [0.2, 0.25) is 0 Å². The van der Waals surface area contributed by atoms with Crippen molar-refractivity contribution in [2.24, 2.45) is 0 Å². The lowest BCUT2D eigenvalue weighted by Gasteiger charge is -2.11. The molecule has 9 rings (SSSR count). The highest BCUT2D eigenvalue weighted by atomic mass is 15.0. The lowest BCUT2D eigenvalue weighted by Crippen LogP contribution is -1.95. The average molecular weight is 586 g/mol. The molecule has 2 heterocycles. The minimum Gasteiger partial charge on any atom is -0.309 e. The summed E-state index contributed by atoms with van der Waals surface area (Å²) in [7, 11) is 0. The van der Waals surface area contributed by atoms with E-state index in [4.69, 9.17) is 6.57 Å². The number of hydrogen-bond acceptors (Lipinski definition) is 0. The van der Waals surface area contributed by atoms with Crippen LogP contribution >= 0.6 is 0 Å². The van der Waals surface area contributed by atoms with Gasteiger partial charge in [0.2, 0.25) is 0 Å². The molecule has 7 aromatic carbocycles. The smallest absolute Gasteiger partial charge is 0.188 e. The molecule has 46 heavy (non-hydrogen) atoms. The van der Waals surface area contributed by atoms with Crippen LogP contribution in [0, 0.1) is 6.57 Å². The number of rotatable bonds is 4. The largest absolute Gasteiger partial charge is 0.309 e. The van der Waals surface area contributed by atoms with Crippen LogP contribution in [0.25, 0.3) is 82.1 Å². The van der Waals surface area contributed by atoms with Gasteiger partial charge in [0.1, 0.15) is 0 Å². The lowest BCUT2D eigenvalue weighted by atomic mass is 9.98. The summed E-state index contributed by atoms with van der Waals surface area (Å²) in [5, 5.41) is 4.64. The molecule has 3 nitrogen and oxygen atoms in total.